The number of hydrogen-bond donors (Lipinski definition) is 1. The molecule has 1 aromatic carbocycles. The van der Waals surface area contributed by atoms with Crippen molar-refractivity contribution in [2.45, 2.75) is 58.7 Å². The first-order valence-corrected chi connectivity index (χ1v) is 7.18. The number of anilines is 1. The Morgan fingerprint density at radius 1 is 1.22 bits per heavy atom. The van der Waals surface area contributed by atoms with E-state index in [2.05, 4.69) is 30.9 Å². The molecule has 0 amide bonds. The molecule has 1 saturated carbocycles. The molecule has 1 aromatic rings. The molecule has 98 valence electrons. The molecule has 1 fully saturated rings. The number of nitrogen functional groups attached to an aromatic ring is 1. The van der Waals surface area contributed by atoms with Crippen LogP contribution in [-0.2, 0) is 13.1 Å². The number of nitrogens with zero attached hydrogens (tertiary/aromatic N) is 1. The van der Waals surface area contributed by atoms with Gasteiger partial charge in [0.1, 0.15) is 0 Å². The standard InChI is InChI=1S/C16H24N2/c1-16(2)9-4-3-8-15(16)18-10-12-6-5-7-14(17)13(12)11-18/h5-7,15H,3-4,8-11,17H2,1-2H3. The van der Waals surface area contributed by atoms with Crippen LogP contribution >= 0.6 is 0 Å². The van der Waals surface area contributed by atoms with Crippen molar-refractivity contribution in [1.82, 2.24) is 4.90 Å². The van der Waals surface area contributed by atoms with Crippen molar-refractivity contribution in [2.75, 3.05) is 5.73 Å². The first kappa shape index (κ1) is 12.0. The largest absolute Gasteiger partial charge is 0.398 e. The minimum atomic E-state index is 0.453. The van der Waals surface area contributed by atoms with Gasteiger partial charge in [0, 0.05) is 24.8 Å². The van der Waals surface area contributed by atoms with E-state index in [0.29, 0.717) is 5.41 Å². The van der Waals surface area contributed by atoms with Crippen molar-refractivity contribution in [3.05, 3.63) is 29.3 Å². The van der Waals surface area contributed by atoms with Gasteiger partial charge in [-0.05, 0) is 35.4 Å². The molecule has 3 rings (SSSR count). The van der Waals surface area contributed by atoms with Gasteiger partial charge in [-0.25, -0.2) is 0 Å². The average Bonchev–Trinajstić information content (AvgIpc) is 2.73. The summed E-state index contributed by atoms with van der Waals surface area (Å²) in [6.07, 6.45) is 5.49. The monoisotopic (exact) mass is 244 g/mol. The van der Waals surface area contributed by atoms with Crippen molar-refractivity contribution in [1.29, 1.82) is 0 Å². The molecule has 18 heavy (non-hydrogen) atoms. The van der Waals surface area contributed by atoms with E-state index in [1.165, 1.54) is 36.8 Å². The van der Waals surface area contributed by atoms with E-state index in [1.807, 2.05) is 6.07 Å². The molecule has 0 spiro atoms. The zero-order chi connectivity index (χ0) is 12.8. The Labute approximate surface area is 110 Å². The summed E-state index contributed by atoms with van der Waals surface area (Å²) in [6, 6.07) is 7.08. The molecule has 0 saturated heterocycles. The Hall–Kier alpha value is -1.02. The second-order valence-corrected chi connectivity index (χ2v) is 6.64. The van der Waals surface area contributed by atoms with E-state index in [-0.39, 0.29) is 0 Å². The highest BCUT2D eigenvalue weighted by molar-refractivity contribution is 5.52. The smallest absolute Gasteiger partial charge is 0.0363 e. The molecular weight excluding hydrogens is 220 g/mol. The molecule has 2 aliphatic rings. The van der Waals surface area contributed by atoms with E-state index in [1.54, 1.807) is 0 Å². The Kier molecular flexibility index (Phi) is 2.86. The van der Waals surface area contributed by atoms with Gasteiger partial charge < -0.3 is 5.73 Å². The van der Waals surface area contributed by atoms with Crippen LogP contribution in [0, 0.1) is 5.41 Å². The molecule has 1 heterocycles. The quantitative estimate of drug-likeness (QED) is 0.765. The molecule has 2 N–H and O–H groups in total. The third-order valence-electron chi connectivity index (χ3n) is 4.94. The van der Waals surface area contributed by atoms with E-state index in [0.717, 1.165) is 24.8 Å². The zero-order valence-electron chi connectivity index (χ0n) is 11.6. The van der Waals surface area contributed by atoms with E-state index >= 15 is 0 Å². The molecule has 2 heteroatoms. The lowest BCUT2D eigenvalue weighted by molar-refractivity contribution is 0.0465. The third kappa shape index (κ3) is 1.93. The minimum Gasteiger partial charge on any atom is -0.398 e. The zero-order valence-corrected chi connectivity index (χ0v) is 11.6. The summed E-state index contributed by atoms with van der Waals surface area (Å²) in [5, 5.41) is 0. The highest BCUT2D eigenvalue weighted by atomic mass is 15.2. The molecule has 0 radical (unpaired) electrons. The predicted octanol–water partition coefficient (Wildman–Crippen LogP) is 3.55. The maximum absolute atomic E-state index is 6.10. The van der Waals surface area contributed by atoms with Gasteiger partial charge in [-0.1, -0.05) is 38.8 Å². The lowest BCUT2D eigenvalue weighted by Gasteiger charge is -2.44. The highest BCUT2D eigenvalue weighted by Crippen LogP contribution is 2.42. The second-order valence-electron chi connectivity index (χ2n) is 6.64. The predicted molar refractivity (Wildman–Crippen MR) is 76.1 cm³/mol. The van der Waals surface area contributed by atoms with Gasteiger partial charge in [-0.15, -0.1) is 0 Å². The average molecular weight is 244 g/mol. The van der Waals surface area contributed by atoms with Crippen LogP contribution in [0.3, 0.4) is 0 Å². The maximum atomic E-state index is 6.10. The van der Waals surface area contributed by atoms with Crippen LogP contribution in [-0.4, -0.2) is 10.9 Å². The van der Waals surface area contributed by atoms with E-state index in [9.17, 15) is 0 Å². The maximum Gasteiger partial charge on any atom is 0.0363 e. The second kappa shape index (κ2) is 4.27. The molecular formula is C16H24N2. The molecule has 2 nitrogen and oxygen atoms in total. The lowest BCUT2D eigenvalue weighted by atomic mass is 9.72. The molecule has 1 aliphatic carbocycles. The fraction of sp³-hybridized carbons (Fsp3) is 0.625. The third-order valence-corrected chi connectivity index (χ3v) is 4.94. The van der Waals surface area contributed by atoms with Gasteiger partial charge in [0.25, 0.3) is 0 Å². The van der Waals surface area contributed by atoms with Crippen LogP contribution in [0.2, 0.25) is 0 Å². The van der Waals surface area contributed by atoms with Gasteiger partial charge in [-0.2, -0.15) is 0 Å². The summed E-state index contributed by atoms with van der Waals surface area (Å²) < 4.78 is 0. The van der Waals surface area contributed by atoms with Crippen molar-refractivity contribution >= 4 is 5.69 Å². The Morgan fingerprint density at radius 3 is 2.78 bits per heavy atom. The molecule has 1 aliphatic heterocycles. The molecule has 1 atom stereocenters. The van der Waals surface area contributed by atoms with Crippen LogP contribution in [0.25, 0.3) is 0 Å². The molecule has 0 bridgehead atoms. The van der Waals surface area contributed by atoms with Crippen molar-refractivity contribution in [3.63, 3.8) is 0 Å². The van der Waals surface area contributed by atoms with Gasteiger partial charge in [0.05, 0.1) is 0 Å². The lowest BCUT2D eigenvalue weighted by Crippen LogP contribution is -2.44. The first-order chi connectivity index (χ1) is 8.58. The van der Waals surface area contributed by atoms with Crippen LogP contribution in [0.4, 0.5) is 5.69 Å². The topological polar surface area (TPSA) is 29.3 Å². The summed E-state index contributed by atoms with van der Waals surface area (Å²) in [5.41, 5.74) is 10.3. The van der Waals surface area contributed by atoms with Gasteiger partial charge in [0.15, 0.2) is 0 Å². The van der Waals surface area contributed by atoms with Crippen molar-refractivity contribution in [2.24, 2.45) is 5.41 Å². The van der Waals surface area contributed by atoms with E-state index < -0.39 is 0 Å². The molecule has 1 unspecified atom stereocenters. The highest BCUT2D eigenvalue weighted by Gasteiger charge is 2.38. The number of nitrogens with two attached hydrogens (primary N) is 1. The Bertz CT molecular complexity index is 450. The van der Waals surface area contributed by atoms with Gasteiger partial charge in [-0.3, -0.25) is 4.90 Å². The first-order valence-electron chi connectivity index (χ1n) is 7.18. The van der Waals surface area contributed by atoms with Crippen LogP contribution < -0.4 is 5.73 Å². The SMILES string of the molecule is CC1(C)CCCCC1N1Cc2cccc(N)c2C1. The summed E-state index contributed by atoms with van der Waals surface area (Å²) in [5.74, 6) is 0. The normalized spacial score (nSPS) is 27.1. The van der Waals surface area contributed by atoms with Gasteiger partial charge in [0.2, 0.25) is 0 Å². The fourth-order valence-electron chi connectivity index (χ4n) is 3.85. The van der Waals surface area contributed by atoms with Crippen LogP contribution in [0.15, 0.2) is 18.2 Å². The Morgan fingerprint density at radius 2 is 2.06 bits per heavy atom. The van der Waals surface area contributed by atoms with E-state index in [4.69, 9.17) is 5.73 Å². The van der Waals surface area contributed by atoms with Crippen molar-refractivity contribution in [3.8, 4) is 0 Å². The summed E-state index contributed by atoms with van der Waals surface area (Å²) in [6.45, 7) is 7.01. The minimum absolute atomic E-state index is 0.453. The number of hydrogen-bond acceptors (Lipinski definition) is 2. The number of fused-ring (bicyclic) bond motifs is 1. The number of benzene rings is 1. The fourth-order valence-corrected chi connectivity index (χ4v) is 3.85. The molecule has 0 aromatic heterocycles. The van der Waals surface area contributed by atoms with Crippen LogP contribution in [0.5, 0.6) is 0 Å². The summed E-state index contributed by atoms with van der Waals surface area (Å²) >= 11 is 0. The van der Waals surface area contributed by atoms with Gasteiger partial charge >= 0.3 is 0 Å². The van der Waals surface area contributed by atoms with Crippen molar-refractivity contribution < 1.29 is 0 Å². The summed E-state index contributed by atoms with van der Waals surface area (Å²) in [4.78, 5) is 2.65. The summed E-state index contributed by atoms with van der Waals surface area (Å²) in [7, 11) is 0. The Balaban J connectivity index is 1.83. The van der Waals surface area contributed by atoms with Crippen LogP contribution in [0.1, 0.15) is 50.7 Å². The number of rotatable bonds is 1.